The van der Waals surface area contributed by atoms with Crippen molar-refractivity contribution in [3.8, 4) is 11.5 Å². The fourth-order valence-corrected chi connectivity index (χ4v) is 3.87. The normalized spacial score (nSPS) is 11.6. The predicted octanol–water partition coefficient (Wildman–Crippen LogP) is 3.28. The number of hydrogen-bond donors (Lipinski definition) is 0. The summed E-state index contributed by atoms with van der Waals surface area (Å²) in [4.78, 5) is 4.47. The molecular formula is C19H20BrN3O5S. The maximum absolute atomic E-state index is 12.6. The number of hydrogen-bond acceptors (Lipinski definition) is 7. The van der Waals surface area contributed by atoms with Crippen molar-refractivity contribution in [2.75, 3.05) is 20.7 Å². The number of rotatable bonds is 9. The lowest BCUT2D eigenvalue weighted by atomic mass is 10.3. The van der Waals surface area contributed by atoms with Gasteiger partial charge in [0.05, 0.1) is 12.0 Å². The third-order valence-corrected chi connectivity index (χ3v) is 6.50. The van der Waals surface area contributed by atoms with Gasteiger partial charge in [-0.05, 0) is 48.5 Å². The third kappa shape index (κ3) is 5.55. The fraction of sp³-hybridized carbons (Fsp3) is 0.263. The highest BCUT2D eigenvalue weighted by atomic mass is 79.9. The van der Waals surface area contributed by atoms with E-state index >= 15 is 0 Å². The average Bonchev–Trinajstić information content (AvgIpc) is 3.19. The molecule has 0 amide bonds. The van der Waals surface area contributed by atoms with Gasteiger partial charge in [-0.25, -0.2) is 12.7 Å². The zero-order valence-corrected chi connectivity index (χ0v) is 18.3. The third-order valence-electron chi connectivity index (χ3n) is 4.10. The van der Waals surface area contributed by atoms with Crippen molar-refractivity contribution in [3.63, 3.8) is 0 Å². The van der Waals surface area contributed by atoms with E-state index in [1.54, 1.807) is 55.6 Å². The van der Waals surface area contributed by atoms with Crippen molar-refractivity contribution in [1.29, 1.82) is 0 Å². The first-order valence-electron chi connectivity index (χ1n) is 8.68. The Morgan fingerprint density at radius 2 is 1.72 bits per heavy atom. The van der Waals surface area contributed by atoms with Crippen molar-refractivity contribution in [1.82, 2.24) is 14.4 Å². The summed E-state index contributed by atoms with van der Waals surface area (Å²) in [6, 6.07) is 13.6. The Morgan fingerprint density at radius 3 is 2.38 bits per heavy atom. The molecule has 0 radical (unpaired) electrons. The van der Waals surface area contributed by atoms with Crippen LogP contribution < -0.4 is 9.47 Å². The summed E-state index contributed by atoms with van der Waals surface area (Å²) in [5.74, 6) is 2.11. The molecule has 1 aromatic heterocycles. The number of benzene rings is 2. The van der Waals surface area contributed by atoms with Gasteiger partial charge < -0.3 is 14.0 Å². The molecule has 0 saturated heterocycles. The Kier molecular flexibility index (Phi) is 6.88. The van der Waals surface area contributed by atoms with Crippen LogP contribution in [-0.4, -0.2) is 43.6 Å². The van der Waals surface area contributed by atoms with Gasteiger partial charge in [0.2, 0.25) is 10.0 Å². The number of methoxy groups -OCH3 is 1. The fourth-order valence-electron chi connectivity index (χ4n) is 2.43. The second kappa shape index (κ2) is 9.38. The number of sulfonamides is 1. The SMILES string of the molecule is COc1ccc(OCc2nc(CCN(C)S(=O)(=O)c3ccc(Br)cc3)no2)cc1. The molecule has 3 aromatic rings. The van der Waals surface area contributed by atoms with E-state index in [1.807, 2.05) is 0 Å². The van der Waals surface area contributed by atoms with Gasteiger partial charge in [0.1, 0.15) is 11.5 Å². The van der Waals surface area contributed by atoms with E-state index in [0.717, 1.165) is 10.2 Å². The van der Waals surface area contributed by atoms with Gasteiger partial charge in [-0.15, -0.1) is 0 Å². The zero-order chi connectivity index (χ0) is 20.9. The molecule has 0 fully saturated rings. The molecule has 0 saturated carbocycles. The lowest BCUT2D eigenvalue weighted by Crippen LogP contribution is -2.29. The summed E-state index contributed by atoms with van der Waals surface area (Å²) >= 11 is 3.30. The Balaban J connectivity index is 1.53. The first-order chi connectivity index (χ1) is 13.9. The number of aromatic nitrogens is 2. The summed E-state index contributed by atoms with van der Waals surface area (Å²) in [6.45, 7) is 0.336. The molecule has 8 nitrogen and oxygen atoms in total. The van der Waals surface area contributed by atoms with E-state index in [2.05, 4.69) is 26.1 Å². The highest BCUT2D eigenvalue weighted by Crippen LogP contribution is 2.19. The summed E-state index contributed by atoms with van der Waals surface area (Å²) in [7, 11) is -0.466. The van der Waals surface area contributed by atoms with Crippen LogP contribution in [0.5, 0.6) is 11.5 Å². The Hall–Kier alpha value is -2.43. The summed E-state index contributed by atoms with van der Waals surface area (Å²) < 4.78 is 43.1. The van der Waals surface area contributed by atoms with Crippen LogP contribution in [0.1, 0.15) is 11.7 Å². The molecule has 0 N–H and O–H groups in total. The van der Waals surface area contributed by atoms with Crippen molar-refractivity contribution in [2.45, 2.75) is 17.9 Å². The maximum atomic E-state index is 12.6. The van der Waals surface area contributed by atoms with E-state index in [0.29, 0.717) is 23.9 Å². The smallest absolute Gasteiger partial charge is 0.264 e. The highest BCUT2D eigenvalue weighted by molar-refractivity contribution is 9.10. The van der Waals surface area contributed by atoms with Gasteiger partial charge in [0.25, 0.3) is 5.89 Å². The Bertz CT molecular complexity index is 1040. The van der Waals surface area contributed by atoms with Gasteiger partial charge in [0.15, 0.2) is 12.4 Å². The van der Waals surface area contributed by atoms with E-state index in [9.17, 15) is 8.42 Å². The largest absolute Gasteiger partial charge is 0.497 e. The number of halogens is 1. The minimum Gasteiger partial charge on any atom is -0.497 e. The molecule has 3 rings (SSSR count). The minimum absolute atomic E-state index is 0.117. The number of ether oxygens (including phenoxy) is 2. The second-order valence-corrected chi connectivity index (χ2v) is 9.06. The van der Waals surface area contributed by atoms with E-state index < -0.39 is 10.0 Å². The van der Waals surface area contributed by atoms with Crippen LogP contribution in [0.3, 0.4) is 0 Å². The van der Waals surface area contributed by atoms with Crippen molar-refractivity contribution in [3.05, 3.63) is 64.7 Å². The molecule has 0 aliphatic carbocycles. The first-order valence-corrected chi connectivity index (χ1v) is 10.9. The van der Waals surface area contributed by atoms with Gasteiger partial charge in [-0.2, -0.15) is 4.98 Å². The van der Waals surface area contributed by atoms with E-state index in [-0.39, 0.29) is 18.0 Å². The molecule has 154 valence electrons. The molecule has 0 atom stereocenters. The van der Waals surface area contributed by atoms with Crippen molar-refractivity contribution in [2.24, 2.45) is 0 Å². The molecule has 29 heavy (non-hydrogen) atoms. The molecule has 0 spiro atoms. The summed E-state index contributed by atoms with van der Waals surface area (Å²) in [5, 5.41) is 3.88. The van der Waals surface area contributed by atoms with Gasteiger partial charge >= 0.3 is 0 Å². The minimum atomic E-state index is -3.58. The highest BCUT2D eigenvalue weighted by Gasteiger charge is 2.21. The van der Waals surface area contributed by atoms with Gasteiger partial charge in [0, 0.05) is 24.5 Å². The monoisotopic (exact) mass is 481 g/mol. The predicted molar refractivity (Wildman–Crippen MR) is 109 cm³/mol. The van der Waals surface area contributed by atoms with Crippen LogP contribution in [0.4, 0.5) is 0 Å². The molecule has 2 aromatic carbocycles. The molecule has 0 aliphatic heterocycles. The van der Waals surface area contributed by atoms with Crippen LogP contribution in [-0.2, 0) is 23.1 Å². The summed E-state index contributed by atoms with van der Waals surface area (Å²) in [6.07, 6.45) is 0.318. The molecule has 0 bridgehead atoms. The molecule has 10 heteroatoms. The van der Waals surface area contributed by atoms with Crippen molar-refractivity contribution >= 4 is 26.0 Å². The molecule has 0 aliphatic rings. The van der Waals surface area contributed by atoms with E-state index in [4.69, 9.17) is 14.0 Å². The van der Waals surface area contributed by atoms with E-state index in [1.165, 1.54) is 11.4 Å². The maximum Gasteiger partial charge on any atom is 0.264 e. The van der Waals surface area contributed by atoms with Crippen LogP contribution in [0, 0.1) is 0 Å². The molecule has 0 unspecified atom stereocenters. The quantitative estimate of drug-likeness (QED) is 0.462. The lowest BCUT2D eigenvalue weighted by Gasteiger charge is -2.16. The zero-order valence-electron chi connectivity index (χ0n) is 15.9. The van der Waals surface area contributed by atoms with Crippen LogP contribution >= 0.6 is 15.9 Å². The van der Waals surface area contributed by atoms with Crippen LogP contribution in [0.15, 0.2) is 62.4 Å². The van der Waals surface area contributed by atoms with Crippen LogP contribution in [0.2, 0.25) is 0 Å². The van der Waals surface area contributed by atoms with Crippen molar-refractivity contribution < 1.29 is 22.4 Å². The topological polar surface area (TPSA) is 94.8 Å². The average molecular weight is 482 g/mol. The first kappa shape index (κ1) is 21.3. The Labute approximate surface area is 177 Å². The summed E-state index contributed by atoms with van der Waals surface area (Å²) in [5.41, 5.74) is 0. The van der Waals surface area contributed by atoms with Crippen LogP contribution in [0.25, 0.3) is 0 Å². The Morgan fingerprint density at radius 1 is 1.07 bits per heavy atom. The van der Waals surface area contributed by atoms with Gasteiger partial charge in [-0.1, -0.05) is 21.1 Å². The lowest BCUT2D eigenvalue weighted by molar-refractivity contribution is 0.242. The molecule has 1 heterocycles. The standard InChI is InChI=1S/C19H20BrN3O5S/c1-23(29(24,25)17-9-3-14(20)4-10-17)12-11-18-21-19(28-22-18)13-27-16-7-5-15(26-2)6-8-16/h3-10H,11-13H2,1-2H3. The molecular weight excluding hydrogens is 462 g/mol. The van der Waals surface area contributed by atoms with Gasteiger partial charge in [-0.3, -0.25) is 0 Å². The number of nitrogens with zero attached hydrogens (tertiary/aromatic N) is 3. The number of likely N-dealkylation sites (N-methyl/N-ethyl adjacent to an activating group) is 1. The second-order valence-electron chi connectivity index (χ2n) is 6.10.